The molecule has 0 bridgehead atoms. The quantitative estimate of drug-likeness (QED) is 0.683. The van der Waals surface area contributed by atoms with Crippen molar-refractivity contribution in [1.29, 1.82) is 0 Å². The van der Waals surface area contributed by atoms with Crippen LogP contribution < -0.4 is 16.4 Å². The molecule has 0 aliphatic carbocycles. The van der Waals surface area contributed by atoms with E-state index >= 15 is 0 Å². The lowest BCUT2D eigenvalue weighted by Crippen LogP contribution is -2.23. The summed E-state index contributed by atoms with van der Waals surface area (Å²) >= 11 is 1.03. The molecule has 1 aromatic rings. The molecule has 4 N–H and O–H groups in total. The summed E-state index contributed by atoms with van der Waals surface area (Å²) < 4.78 is 24.0. The minimum atomic E-state index is -3.48. The highest BCUT2D eigenvalue weighted by Gasteiger charge is 2.27. The number of nitrogens with one attached hydrogen (secondary N) is 2. The van der Waals surface area contributed by atoms with Crippen molar-refractivity contribution in [2.45, 2.75) is 11.8 Å². The lowest BCUT2D eigenvalue weighted by molar-refractivity contribution is 0.0963. The number of hydrogen-bond acceptors (Lipinski definition) is 6. The largest absolute Gasteiger partial charge is 0.396 e. The summed E-state index contributed by atoms with van der Waals surface area (Å²) in [6.45, 7) is 5.31. The smallest absolute Gasteiger partial charge is 0.263 e. The molecular formula is C11H17N3O3S2. The van der Waals surface area contributed by atoms with E-state index in [4.69, 9.17) is 5.73 Å². The predicted octanol–water partition coefficient (Wildman–Crippen LogP) is 1.08. The van der Waals surface area contributed by atoms with Gasteiger partial charge in [0.15, 0.2) is 9.84 Å². The Morgan fingerprint density at radius 3 is 2.63 bits per heavy atom. The van der Waals surface area contributed by atoms with Crippen molar-refractivity contribution in [2.75, 3.05) is 30.4 Å². The zero-order valence-electron chi connectivity index (χ0n) is 10.8. The van der Waals surface area contributed by atoms with Crippen LogP contribution in [0.1, 0.15) is 16.6 Å². The number of hydrogen-bond donors (Lipinski definition) is 3. The molecule has 0 aliphatic heterocycles. The number of anilines is 2. The van der Waals surface area contributed by atoms with E-state index in [2.05, 4.69) is 17.2 Å². The topological polar surface area (TPSA) is 101 Å². The first-order valence-corrected chi connectivity index (χ1v) is 8.07. The van der Waals surface area contributed by atoms with Gasteiger partial charge < -0.3 is 16.4 Å². The fourth-order valence-electron chi connectivity index (χ4n) is 1.46. The lowest BCUT2D eigenvalue weighted by Gasteiger charge is -2.04. The summed E-state index contributed by atoms with van der Waals surface area (Å²) in [5.74, 6) is -0.479. The third-order valence-electron chi connectivity index (χ3n) is 2.43. The Morgan fingerprint density at radius 2 is 2.16 bits per heavy atom. The number of nitrogen functional groups attached to an aromatic ring is 1. The van der Waals surface area contributed by atoms with Gasteiger partial charge in [-0.1, -0.05) is 13.0 Å². The van der Waals surface area contributed by atoms with Gasteiger partial charge in [-0.15, -0.1) is 17.9 Å². The number of thiophene rings is 1. The van der Waals surface area contributed by atoms with Gasteiger partial charge in [-0.25, -0.2) is 8.42 Å². The average Bonchev–Trinajstić information content (AvgIpc) is 2.73. The van der Waals surface area contributed by atoms with Gasteiger partial charge in [0, 0.05) is 13.6 Å². The van der Waals surface area contributed by atoms with Gasteiger partial charge in [0.25, 0.3) is 5.91 Å². The second-order valence-electron chi connectivity index (χ2n) is 3.66. The molecular weight excluding hydrogens is 286 g/mol. The fraction of sp³-hybridized carbons (Fsp3) is 0.364. The molecule has 19 heavy (non-hydrogen) atoms. The number of nitrogens with two attached hydrogens (primary N) is 1. The number of amides is 1. The second kappa shape index (κ2) is 6.07. The summed E-state index contributed by atoms with van der Waals surface area (Å²) in [5, 5.41) is 5.72. The SMILES string of the molecule is C=CCNC(=O)c1sc(NC)c(S(=O)(=O)CC)c1N. The molecule has 0 fully saturated rings. The highest BCUT2D eigenvalue weighted by atomic mass is 32.2. The molecule has 0 spiro atoms. The Morgan fingerprint density at radius 1 is 1.53 bits per heavy atom. The molecule has 106 valence electrons. The molecule has 0 saturated heterocycles. The van der Waals surface area contributed by atoms with E-state index in [-0.39, 0.29) is 21.2 Å². The van der Waals surface area contributed by atoms with Gasteiger partial charge in [-0.2, -0.15) is 0 Å². The Kier molecular flexibility index (Phi) is 4.96. The van der Waals surface area contributed by atoms with Gasteiger partial charge in [-0.3, -0.25) is 4.79 Å². The van der Waals surface area contributed by atoms with Crippen molar-refractivity contribution in [3.63, 3.8) is 0 Å². The van der Waals surface area contributed by atoms with E-state index in [9.17, 15) is 13.2 Å². The molecule has 8 heteroatoms. The van der Waals surface area contributed by atoms with Crippen molar-refractivity contribution >= 4 is 37.8 Å². The van der Waals surface area contributed by atoms with Gasteiger partial charge in [0.1, 0.15) is 14.8 Å². The van der Waals surface area contributed by atoms with E-state index in [1.54, 1.807) is 7.05 Å². The first kappa shape index (κ1) is 15.5. The number of sulfone groups is 1. The summed E-state index contributed by atoms with van der Waals surface area (Å²) in [4.78, 5) is 12.1. The van der Waals surface area contributed by atoms with Crippen LogP contribution in [0, 0.1) is 0 Å². The number of carbonyl (C=O) groups excluding carboxylic acids is 1. The van der Waals surface area contributed by atoms with Crippen LogP contribution in [0.25, 0.3) is 0 Å². The Hall–Kier alpha value is -1.54. The molecule has 1 rings (SSSR count). The maximum Gasteiger partial charge on any atom is 0.263 e. The van der Waals surface area contributed by atoms with Crippen molar-refractivity contribution in [2.24, 2.45) is 0 Å². The standard InChI is InChI=1S/C11H17N3O3S2/c1-4-6-14-10(15)8-7(12)9(11(13-3)18-8)19(16,17)5-2/h4,13H,1,5-6,12H2,2-3H3,(H,14,15). The van der Waals surface area contributed by atoms with Gasteiger partial charge >= 0.3 is 0 Å². The molecule has 0 radical (unpaired) electrons. The predicted molar refractivity (Wildman–Crippen MR) is 78.5 cm³/mol. The zero-order chi connectivity index (χ0) is 14.6. The third kappa shape index (κ3) is 3.07. The van der Waals surface area contributed by atoms with E-state index in [0.717, 1.165) is 11.3 Å². The number of rotatable bonds is 6. The van der Waals surface area contributed by atoms with E-state index < -0.39 is 15.7 Å². The van der Waals surface area contributed by atoms with E-state index in [1.807, 2.05) is 0 Å². The highest BCUT2D eigenvalue weighted by molar-refractivity contribution is 7.91. The maximum absolute atomic E-state index is 12.0. The molecule has 0 saturated carbocycles. The van der Waals surface area contributed by atoms with Crippen LogP contribution in [0.15, 0.2) is 17.6 Å². The van der Waals surface area contributed by atoms with E-state index in [1.165, 1.54) is 13.0 Å². The third-order valence-corrected chi connectivity index (χ3v) is 5.59. The molecule has 0 unspecified atom stereocenters. The average molecular weight is 303 g/mol. The minimum Gasteiger partial charge on any atom is -0.396 e. The molecule has 1 heterocycles. The maximum atomic E-state index is 12.0. The van der Waals surface area contributed by atoms with Crippen LogP contribution in [-0.2, 0) is 9.84 Å². The normalized spacial score (nSPS) is 11.1. The molecule has 1 aromatic heterocycles. The fourth-order valence-corrected chi connectivity index (χ4v) is 4.03. The molecule has 0 atom stereocenters. The molecule has 0 aromatic carbocycles. The Balaban J connectivity index is 3.32. The van der Waals surface area contributed by atoms with Crippen molar-refractivity contribution in [1.82, 2.24) is 5.32 Å². The molecule has 6 nitrogen and oxygen atoms in total. The summed E-state index contributed by atoms with van der Waals surface area (Å²) in [5.41, 5.74) is 5.82. The first-order valence-electron chi connectivity index (χ1n) is 5.60. The monoisotopic (exact) mass is 303 g/mol. The van der Waals surface area contributed by atoms with Crippen LogP contribution in [0.2, 0.25) is 0 Å². The molecule has 1 amide bonds. The van der Waals surface area contributed by atoms with Gasteiger partial charge in [-0.05, 0) is 0 Å². The van der Waals surface area contributed by atoms with Crippen molar-refractivity contribution in [3.05, 3.63) is 17.5 Å². The van der Waals surface area contributed by atoms with Gasteiger partial charge in [0.2, 0.25) is 0 Å². The highest BCUT2D eigenvalue weighted by Crippen LogP contribution is 2.39. The van der Waals surface area contributed by atoms with Gasteiger partial charge in [0.05, 0.1) is 11.4 Å². The summed E-state index contributed by atoms with van der Waals surface area (Å²) in [7, 11) is -1.89. The van der Waals surface area contributed by atoms with E-state index in [0.29, 0.717) is 11.5 Å². The van der Waals surface area contributed by atoms with Crippen molar-refractivity contribution in [3.8, 4) is 0 Å². The minimum absolute atomic E-state index is 0.00207. The number of carbonyl (C=O) groups is 1. The van der Waals surface area contributed by atoms with Crippen LogP contribution in [-0.4, -0.2) is 33.7 Å². The van der Waals surface area contributed by atoms with Crippen molar-refractivity contribution < 1.29 is 13.2 Å². The second-order valence-corrected chi connectivity index (χ2v) is 6.89. The van der Waals surface area contributed by atoms with Crippen LogP contribution in [0.5, 0.6) is 0 Å². The summed E-state index contributed by atoms with van der Waals surface area (Å²) in [6.07, 6.45) is 1.53. The Labute approximate surface area is 116 Å². The molecule has 0 aliphatic rings. The Bertz CT molecular complexity index is 591. The first-order chi connectivity index (χ1) is 8.88. The van der Waals surface area contributed by atoms with Crippen LogP contribution in [0.3, 0.4) is 0 Å². The lowest BCUT2D eigenvalue weighted by atomic mass is 10.3. The van der Waals surface area contributed by atoms with Crippen LogP contribution in [0.4, 0.5) is 10.7 Å². The summed E-state index contributed by atoms with van der Waals surface area (Å²) in [6, 6.07) is 0. The van der Waals surface area contributed by atoms with Crippen LogP contribution >= 0.6 is 11.3 Å². The zero-order valence-corrected chi connectivity index (χ0v) is 12.5.